The molecule has 3 rings (SSSR count). The Bertz CT molecular complexity index is 875. The zero-order valence-electron chi connectivity index (χ0n) is 12.6. The molecule has 0 fully saturated rings. The molecule has 0 radical (unpaired) electrons. The molecule has 0 aliphatic rings. The van der Waals surface area contributed by atoms with Gasteiger partial charge in [-0.1, -0.05) is 17.7 Å². The summed E-state index contributed by atoms with van der Waals surface area (Å²) in [7, 11) is 3.18. The van der Waals surface area contributed by atoms with Crippen molar-refractivity contribution in [3.63, 3.8) is 0 Å². The topological polar surface area (TPSA) is 47.6 Å². The molecule has 118 valence electrons. The molecule has 0 aliphatic heterocycles. The number of ether oxygens (including phenoxy) is 2. The molecule has 2 aromatic carbocycles. The zero-order chi connectivity index (χ0) is 16.4. The maximum atomic E-state index is 12.5. The quantitative estimate of drug-likeness (QED) is 0.735. The van der Waals surface area contributed by atoms with Gasteiger partial charge in [0.1, 0.15) is 16.4 Å². The highest BCUT2D eigenvalue weighted by Crippen LogP contribution is 2.37. The van der Waals surface area contributed by atoms with Gasteiger partial charge in [-0.2, -0.15) is 0 Å². The summed E-state index contributed by atoms with van der Waals surface area (Å²) in [5.74, 6) is 1.13. The van der Waals surface area contributed by atoms with Gasteiger partial charge in [0.25, 0.3) is 5.91 Å². The van der Waals surface area contributed by atoms with Crippen LogP contribution in [0.2, 0.25) is 5.02 Å². The number of hydrogen-bond donors (Lipinski definition) is 1. The fraction of sp³-hybridized carbons (Fsp3) is 0.118. The fourth-order valence-electron chi connectivity index (χ4n) is 2.21. The van der Waals surface area contributed by atoms with E-state index in [-0.39, 0.29) is 5.91 Å². The van der Waals surface area contributed by atoms with E-state index < -0.39 is 0 Å². The van der Waals surface area contributed by atoms with Gasteiger partial charge >= 0.3 is 0 Å². The van der Waals surface area contributed by atoms with Gasteiger partial charge in [-0.05, 0) is 30.3 Å². The van der Waals surface area contributed by atoms with Crippen LogP contribution < -0.4 is 14.8 Å². The first kappa shape index (κ1) is 15.6. The van der Waals surface area contributed by atoms with Crippen molar-refractivity contribution < 1.29 is 14.3 Å². The van der Waals surface area contributed by atoms with Crippen molar-refractivity contribution in [1.82, 2.24) is 0 Å². The lowest BCUT2D eigenvalue weighted by Crippen LogP contribution is -2.10. The summed E-state index contributed by atoms with van der Waals surface area (Å²) >= 11 is 7.72. The van der Waals surface area contributed by atoms with Gasteiger partial charge in [-0.3, -0.25) is 4.79 Å². The Morgan fingerprint density at radius 1 is 1.09 bits per heavy atom. The second kappa shape index (κ2) is 6.48. The van der Waals surface area contributed by atoms with E-state index in [1.54, 1.807) is 26.4 Å². The number of nitrogens with one attached hydrogen (secondary N) is 1. The summed E-state index contributed by atoms with van der Waals surface area (Å²) in [5.41, 5.74) is 0.653. The molecule has 0 saturated heterocycles. The highest BCUT2D eigenvalue weighted by molar-refractivity contribution is 7.21. The zero-order valence-corrected chi connectivity index (χ0v) is 14.1. The van der Waals surface area contributed by atoms with Crippen molar-refractivity contribution >= 4 is 44.6 Å². The van der Waals surface area contributed by atoms with E-state index >= 15 is 0 Å². The third-order valence-corrected chi connectivity index (χ3v) is 5.04. The Labute approximate surface area is 142 Å². The lowest BCUT2D eigenvalue weighted by molar-refractivity contribution is 0.103. The molecule has 1 N–H and O–H groups in total. The maximum Gasteiger partial charge on any atom is 0.267 e. The standard InChI is InChI=1S/C17H14ClNO3S/c1-21-11-5-3-4-10(8-11)19-17(20)16-15(18)13-9-12(22-2)6-7-14(13)23-16/h3-9H,1-2H3,(H,19,20). The third-order valence-electron chi connectivity index (χ3n) is 3.37. The number of methoxy groups -OCH3 is 2. The molecule has 0 atom stereocenters. The van der Waals surface area contributed by atoms with Gasteiger partial charge in [-0.25, -0.2) is 0 Å². The lowest BCUT2D eigenvalue weighted by atomic mass is 10.2. The lowest BCUT2D eigenvalue weighted by Gasteiger charge is -2.06. The van der Waals surface area contributed by atoms with Crippen molar-refractivity contribution in [3.05, 3.63) is 52.4 Å². The average molecular weight is 348 g/mol. The number of thiophene rings is 1. The van der Waals surface area contributed by atoms with Crippen LogP contribution in [0.4, 0.5) is 5.69 Å². The Balaban J connectivity index is 1.92. The van der Waals surface area contributed by atoms with E-state index in [2.05, 4.69) is 5.32 Å². The number of carbonyl (C=O) groups excluding carboxylic acids is 1. The van der Waals surface area contributed by atoms with Gasteiger partial charge in [-0.15, -0.1) is 11.3 Å². The molecule has 0 saturated carbocycles. The van der Waals surface area contributed by atoms with Crippen LogP contribution in [0, 0.1) is 0 Å². The molecule has 4 nitrogen and oxygen atoms in total. The van der Waals surface area contributed by atoms with Crippen LogP contribution in [0.25, 0.3) is 10.1 Å². The summed E-state index contributed by atoms with van der Waals surface area (Å²) in [6.45, 7) is 0. The summed E-state index contributed by atoms with van der Waals surface area (Å²) < 4.78 is 11.3. The number of benzene rings is 2. The maximum absolute atomic E-state index is 12.5. The first-order valence-corrected chi connectivity index (χ1v) is 8.03. The van der Waals surface area contributed by atoms with Crippen molar-refractivity contribution in [1.29, 1.82) is 0 Å². The second-order valence-electron chi connectivity index (χ2n) is 4.79. The molecule has 1 amide bonds. The summed E-state index contributed by atoms with van der Waals surface area (Å²) in [5, 5.41) is 4.09. The van der Waals surface area contributed by atoms with Crippen molar-refractivity contribution in [2.24, 2.45) is 0 Å². The Morgan fingerprint density at radius 2 is 1.83 bits per heavy atom. The molecule has 0 bridgehead atoms. The molecular formula is C17H14ClNO3S. The smallest absolute Gasteiger partial charge is 0.267 e. The van der Waals surface area contributed by atoms with Crippen LogP contribution in [0.15, 0.2) is 42.5 Å². The number of anilines is 1. The minimum Gasteiger partial charge on any atom is -0.497 e. The summed E-state index contributed by atoms with van der Waals surface area (Å²) in [4.78, 5) is 13.0. The minimum atomic E-state index is -0.247. The average Bonchev–Trinajstić information content (AvgIpc) is 2.91. The van der Waals surface area contributed by atoms with Crippen molar-refractivity contribution in [3.8, 4) is 11.5 Å². The van der Waals surface area contributed by atoms with Crippen LogP contribution in [-0.4, -0.2) is 20.1 Å². The Kier molecular flexibility index (Phi) is 4.41. The number of halogens is 1. The monoisotopic (exact) mass is 347 g/mol. The predicted molar refractivity (Wildman–Crippen MR) is 94.3 cm³/mol. The van der Waals surface area contributed by atoms with Crippen LogP contribution in [0.1, 0.15) is 9.67 Å². The number of fused-ring (bicyclic) bond motifs is 1. The van der Waals surface area contributed by atoms with Gasteiger partial charge in [0, 0.05) is 21.8 Å². The summed E-state index contributed by atoms with van der Waals surface area (Å²) in [6.07, 6.45) is 0. The molecule has 1 heterocycles. The number of rotatable bonds is 4. The number of hydrogen-bond acceptors (Lipinski definition) is 4. The molecule has 0 aliphatic carbocycles. The Morgan fingerprint density at radius 3 is 2.57 bits per heavy atom. The number of carbonyl (C=O) groups is 1. The van der Waals surface area contributed by atoms with Gasteiger partial charge in [0.15, 0.2) is 0 Å². The highest BCUT2D eigenvalue weighted by atomic mass is 35.5. The molecule has 6 heteroatoms. The van der Waals surface area contributed by atoms with Crippen molar-refractivity contribution in [2.45, 2.75) is 0 Å². The van der Waals surface area contributed by atoms with E-state index in [0.717, 1.165) is 10.1 Å². The van der Waals surface area contributed by atoms with E-state index in [1.807, 2.05) is 30.3 Å². The van der Waals surface area contributed by atoms with Crippen LogP contribution in [-0.2, 0) is 0 Å². The molecule has 0 spiro atoms. The van der Waals surface area contributed by atoms with Crippen LogP contribution >= 0.6 is 22.9 Å². The van der Waals surface area contributed by atoms with E-state index in [4.69, 9.17) is 21.1 Å². The minimum absolute atomic E-state index is 0.247. The molecular weight excluding hydrogens is 334 g/mol. The first-order chi connectivity index (χ1) is 11.1. The Hall–Kier alpha value is -2.24. The molecule has 3 aromatic rings. The highest BCUT2D eigenvalue weighted by Gasteiger charge is 2.18. The first-order valence-electron chi connectivity index (χ1n) is 6.84. The van der Waals surface area contributed by atoms with Gasteiger partial charge in [0.2, 0.25) is 0 Å². The van der Waals surface area contributed by atoms with E-state index in [9.17, 15) is 4.79 Å². The van der Waals surface area contributed by atoms with Crippen LogP contribution in [0.3, 0.4) is 0 Å². The predicted octanol–water partition coefficient (Wildman–Crippen LogP) is 4.82. The molecule has 0 unspecified atom stereocenters. The van der Waals surface area contributed by atoms with E-state index in [0.29, 0.717) is 27.1 Å². The number of amides is 1. The van der Waals surface area contributed by atoms with Gasteiger partial charge in [0.05, 0.1) is 19.2 Å². The van der Waals surface area contributed by atoms with Crippen LogP contribution in [0.5, 0.6) is 11.5 Å². The largest absolute Gasteiger partial charge is 0.497 e. The third kappa shape index (κ3) is 3.11. The summed E-state index contributed by atoms with van der Waals surface area (Å²) in [6, 6.07) is 12.7. The SMILES string of the molecule is COc1cccc(NC(=O)c2sc3ccc(OC)cc3c2Cl)c1. The normalized spacial score (nSPS) is 10.6. The second-order valence-corrected chi connectivity index (χ2v) is 6.22. The molecule has 1 aromatic heterocycles. The molecule has 23 heavy (non-hydrogen) atoms. The fourth-order valence-corrected chi connectivity index (χ4v) is 3.59. The van der Waals surface area contributed by atoms with Crippen molar-refractivity contribution in [2.75, 3.05) is 19.5 Å². The van der Waals surface area contributed by atoms with E-state index in [1.165, 1.54) is 11.3 Å². The van der Waals surface area contributed by atoms with Gasteiger partial charge < -0.3 is 14.8 Å².